The smallest absolute Gasteiger partial charge is 0.0494 e. The molecule has 1 aliphatic heterocycles. The van der Waals surface area contributed by atoms with Crippen LogP contribution in [0.1, 0.15) is 51.1 Å². The summed E-state index contributed by atoms with van der Waals surface area (Å²) in [5.41, 5.74) is 7.48. The van der Waals surface area contributed by atoms with Crippen molar-refractivity contribution in [3.8, 4) is 0 Å². The molecule has 0 radical (unpaired) electrons. The van der Waals surface area contributed by atoms with E-state index in [0.29, 0.717) is 10.0 Å². The predicted octanol–water partition coefficient (Wildman–Crippen LogP) is 4.65. The first-order valence-electron chi connectivity index (χ1n) is 7.44. The SMILES string of the molecule is CCC(C)(C(N)c1cc(Cl)ccc1Cl)N1CCCCC1. The molecule has 112 valence electrons. The molecule has 0 aromatic heterocycles. The number of hydrogen-bond acceptors (Lipinski definition) is 2. The van der Waals surface area contributed by atoms with Crippen LogP contribution in [0.5, 0.6) is 0 Å². The molecule has 0 amide bonds. The van der Waals surface area contributed by atoms with E-state index in [0.717, 1.165) is 25.1 Å². The zero-order valence-electron chi connectivity index (χ0n) is 12.3. The zero-order valence-corrected chi connectivity index (χ0v) is 13.8. The van der Waals surface area contributed by atoms with Gasteiger partial charge in [0, 0.05) is 21.6 Å². The summed E-state index contributed by atoms with van der Waals surface area (Å²) >= 11 is 12.4. The molecule has 2 rings (SSSR count). The Morgan fingerprint density at radius 2 is 1.90 bits per heavy atom. The van der Waals surface area contributed by atoms with Gasteiger partial charge in [0.15, 0.2) is 0 Å². The summed E-state index contributed by atoms with van der Waals surface area (Å²) in [6.45, 7) is 6.69. The number of hydrogen-bond donors (Lipinski definition) is 1. The van der Waals surface area contributed by atoms with Crippen LogP contribution in [0.15, 0.2) is 18.2 Å². The lowest BCUT2D eigenvalue weighted by Crippen LogP contribution is -2.54. The molecular weight excluding hydrogens is 291 g/mol. The molecule has 2 unspecified atom stereocenters. The average Bonchev–Trinajstić information content (AvgIpc) is 2.49. The standard InChI is InChI=1S/C16H24Cl2N2/c1-3-16(2,20-9-5-4-6-10-20)15(19)13-11-12(17)7-8-14(13)18/h7-8,11,15H,3-6,9-10,19H2,1-2H3. The van der Waals surface area contributed by atoms with Crippen LogP contribution in [0.2, 0.25) is 10.0 Å². The molecule has 1 aliphatic rings. The van der Waals surface area contributed by atoms with Crippen LogP contribution in [0.4, 0.5) is 0 Å². The van der Waals surface area contributed by atoms with Crippen molar-refractivity contribution in [1.82, 2.24) is 4.90 Å². The summed E-state index contributed by atoms with van der Waals surface area (Å²) in [5.74, 6) is 0. The molecule has 2 nitrogen and oxygen atoms in total. The van der Waals surface area contributed by atoms with Gasteiger partial charge in [-0.15, -0.1) is 0 Å². The maximum Gasteiger partial charge on any atom is 0.0494 e. The first-order valence-corrected chi connectivity index (χ1v) is 8.20. The highest BCUT2D eigenvalue weighted by atomic mass is 35.5. The highest BCUT2D eigenvalue weighted by Gasteiger charge is 2.38. The summed E-state index contributed by atoms with van der Waals surface area (Å²) in [7, 11) is 0. The molecule has 2 atom stereocenters. The maximum absolute atomic E-state index is 6.60. The molecular formula is C16H24Cl2N2. The molecule has 4 heteroatoms. The molecule has 1 saturated heterocycles. The van der Waals surface area contributed by atoms with Crippen molar-refractivity contribution in [1.29, 1.82) is 0 Å². The van der Waals surface area contributed by atoms with Crippen LogP contribution < -0.4 is 5.73 Å². The Balaban J connectivity index is 2.31. The van der Waals surface area contributed by atoms with Crippen molar-refractivity contribution >= 4 is 23.2 Å². The van der Waals surface area contributed by atoms with Gasteiger partial charge in [-0.2, -0.15) is 0 Å². The Labute approximate surface area is 132 Å². The van der Waals surface area contributed by atoms with Crippen LogP contribution in [0, 0.1) is 0 Å². The third kappa shape index (κ3) is 3.14. The normalized spacial score (nSPS) is 21.4. The first kappa shape index (κ1) is 16.1. The number of rotatable bonds is 4. The van der Waals surface area contributed by atoms with Gasteiger partial charge in [-0.25, -0.2) is 0 Å². The van der Waals surface area contributed by atoms with E-state index in [4.69, 9.17) is 28.9 Å². The number of nitrogens with two attached hydrogens (primary N) is 1. The van der Waals surface area contributed by atoms with E-state index < -0.39 is 0 Å². The lowest BCUT2D eigenvalue weighted by atomic mass is 9.82. The minimum absolute atomic E-state index is 0.0747. The number of halogens is 2. The Bertz CT molecular complexity index is 458. The van der Waals surface area contributed by atoms with Crippen molar-refractivity contribution in [2.75, 3.05) is 13.1 Å². The van der Waals surface area contributed by atoms with Crippen LogP contribution in [0.3, 0.4) is 0 Å². The fourth-order valence-corrected chi connectivity index (χ4v) is 3.55. The van der Waals surface area contributed by atoms with Crippen molar-refractivity contribution in [3.05, 3.63) is 33.8 Å². The van der Waals surface area contributed by atoms with E-state index in [1.54, 1.807) is 0 Å². The van der Waals surface area contributed by atoms with Crippen molar-refractivity contribution in [2.45, 2.75) is 51.1 Å². The van der Waals surface area contributed by atoms with Gasteiger partial charge < -0.3 is 5.73 Å². The fraction of sp³-hybridized carbons (Fsp3) is 0.625. The quantitative estimate of drug-likeness (QED) is 0.876. The van der Waals surface area contributed by atoms with Crippen molar-refractivity contribution < 1.29 is 0 Å². The lowest BCUT2D eigenvalue weighted by molar-refractivity contribution is 0.0543. The van der Waals surface area contributed by atoms with Crippen LogP contribution in [0.25, 0.3) is 0 Å². The summed E-state index contributed by atoms with van der Waals surface area (Å²) in [6.07, 6.45) is 4.83. The summed E-state index contributed by atoms with van der Waals surface area (Å²) in [6, 6.07) is 5.43. The average molecular weight is 315 g/mol. The molecule has 2 N–H and O–H groups in total. The maximum atomic E-state index is 6.60. The molecule has 0 bridgehead atoms. The molecule has 1 aromatic carbocycles. The Morgan fingerprint density at radius 1 is 1.25 bits per heavy atom. The van der Waals surface area contributed by atoms with E-state index in [-0.39, 0.29) is 11.6 Å². The zero-order chi connectivity index (χ0) is 14.8. The van der Waals surface area contributed by atoms with Gasteiger partial charge in [0.2, 0.25) is 0 Å². The van der Waals surface area contributed by atoms with E-state index in [9.17, 15) is 0 Å². The number of nitrogens with zero attached hydrogens (tertiary/aromatic N) is 1. The van der Waals surface area contributed by atoms with Crippen molar-refractivity contribution in [3.63, 3.8) is 0 Å². The predicted molar refractivity (Wildman–Crippen MR) is 87.5 cm³/mol. The minimum atomic E-state index is -0.128. The first-order chi connectivity index (χ1) is 9.49. The molecule has 0 spiro atoms. The summed E-state index contributed by atoms with van der Waals surface area (Å²) < 4.78 is 0. The third-order valence-corrected chi connectivity index (χ3v) is 5.34. The van der Waals surface area contributed by atoms with Gasteiger partial charge in [-0.1, -0.05) is 36.5 Å². The lowest BCUT2D eigenvalue weighted by Gasteiger charge is -2.47. The summed E-state index contributed by atoms with van der Waals surface area (Å²) in [5, 5.41) is 1.40. The molecule has 0 aliphatic carbocycles. The third-order valence-electron chi connectivity index (χ3n) is 4.76. The van der Waals surface area contributed by atoms with E-state index in [1.165, 1.54) is 19.3 Å². The van der Waals surface area contributed by atoms with Crippen LogP contribution in [-0.2, 0) is 0 Å². The topological polar surface area (TPSA) is 29.3 Å². The molecule has 1 fully saturated rings. The second kappa shape index (κ2) is 6.65. The summed E-state index contributed by atoms with van der Waals surface area (Å²) in [4.78, 5) is 2.53. The highest BCUT2D eigenvalue weighted by molar-refractivity contribution is 6.33. The Hall–Kier alpha value is -0.280. The number of likely N-dealkylation sites (tertiary alicyclic amines) is 1. The number of benzene rings is 1. The second-order valence-electron chi connectivity index (χ2n) is 5.90. The Kier molecular flexibility index (Phi) is 5.36. The van der Waals surface area contributed by atoms with Crippen LogP contribution in [-0.4, -0.2) is 23.5 Å². The molecule has 1 heterocycles. The van der Waals surface area contributed by atoms with Gasteiger partial charge in [0.25, 0.3) is 0 Å². The minimum Gasteiger partial charge on any atom is -0.322 e. The largest absolute Gasteiger partial charge is 0.322 e. The molecule has 1 aromatic rings. The molecule has 0 saturated carbocycles. The van der Waals surface area contributed by atoms with Crippen LogP contribution >= 0.6 is 23.2 Å². The van der Waals surface area contributed by atoms with Gasteiger partial charge in [-0.05, 0) is 63.0 Å². The number of piperidine rings is 1. The van der Waals surface area contributed by atoms with Gasteiger partial charge in [-0.3, -0.25) is 4.90 Å². The highest BCUT2D eigenvalue weighted by Crippen LogP contribution is 2.37. The Morgan fingerprint density at radius 3 is 2.50 bits per heavy atom. The van der Waals surface area contributed by atoms with Gasteiger partial charge in [0.05, 0.1) is 0 Å². The van der Waals surface area contributed by atoms with Gasteiger partial charge in [0.1, 0.15) is 0 Å². The van der Waals surface area contributed by atoms with E-state index in [2.05, 4.69) is 18.7 Å². The fourth-order valence-electron chi connectivity index (χ4n) is 3.13. The molecule has 20 heavy (non-hydrogen) atoms. The van der Waals surface area contributed by atoms with Gasteiger partial charge >= 0.3 is 0 Å². The monoisotopic (exact) mass is 314 g/mol. The second-order valence-corrected chi connectivity index (χ2v) is 6.75. The van der Waals surface area contributed by atoms with Crippen molar-refractivity contribution in [2.24, 2.45) is 5.73 Å². The van der Waals surface area contributed by atoms with E-state index in [1.807, 2.05) is 18.2 Å². The van der Waals surface area contributed by atoms with E-state index >= 15 is 0 Å².